The zero-order valence-electron chi connectivity index (χ0n) is 9.69. The molecule has 1 saturated heterocycles. The molecule has 18 heavy (non-hydrogen) atoms. The van der Waals surface area contributed by atoms with Crippen molar-refractivity contribution in [1.29, 1.82) is 0 Å². The van der Waals surface area contributed by atoms with E-state index in [0.29, 0.717) is 12.0 Å². The number of aromatic nitrogens is 2. The van der Waals surface area contributed by atoms with Gasteiger partial charge < -0.3 is 10.6 Å². The Kier molecular flexibility index (Phi) is 3.58. The smallest absolute Gasteiger partial charge is 0.222 e. The van der Waals surface area contributed by atoms with Crippen LogP contribution in [0.5, 0.6) is 0 Å². The topological polar surface area (TPSA) is 49.8 Å². The predicted octanol–water partition coefficient (Wildman–Crippen LogP) is 2.74. The van der Waals surface area contributed by atoms with E-state index in [2.05, 4.69) is 48.0 Å². The predicted molar refractivity (Wildman–Crippen MR) is 77.9 cm³/mol. The van der Waals surface area contributed by atoms with Crippen molar-refractivity contribution < 1.29 is 0 Å². The molecule has 1 aliphatic heterocycles. The molecule has 94 valence electrons. The molecule has 1 atom stereocenters. The van der Waals surface area contributed by atoms with E-state index in [0.717, 1.165) is 29.5 Å². The highest BCUT2D eigenvalue weighted by molar-refractivity contribution is 9.10. The molecule has 6 heteroatoms. The Morgan fingerprint density at radius 2 is 2.22 bits per heavy atom. The molecule has 0 radical (unpaired) electrons. The lowest BCUT2D eigenvalue weighted by atomic mass is 10.2. The molecule has 1 aliphatic rings. The number of rotatable bonds is 3. The molecule has 3 heterocycles. The Morgan fingerprint density at radius 1 is 1.39 bits per heavy atom. The summed E-state index contributed by atoms with van der Waals surface area (Å²) in [4.78, 5) is 9.92. The minimum Gasteiger partial charge on any atom is -0.350 e. The first-order valence-electron chi connectivity index (χ1n) is 5.85. The van der Waals surface area contributed by atoms with Gasteiger partial charge in [-0.25, -0.2) is 9.97 Å². The third-order valence-corrected chi connectivity index (χ3v) is 4.64. The van der Waals surface area contributed by atoms with E-state index in [1.54, 1.807) is 11.3 Å². The SMILES string of the molecule is Brc1csc(-c2cnc(NC3CCNC3)nc2)c1. The van der Waals surface area contributed by atoms with Crippen LogP contribution in [0, 0.1) is 0 Å². The summed E-state index contributed by atoms with van der Waals surface area (Å²) in [6.07, 6.45) is 4.87. The van der Waals surface area contributed by atoms with E-state index in [4.69, 9.17) is 0 Å². The third-order valence-electron chi connectivity index (χ3n) is 2.90. The molecule has 4 nitrogen and oxygen atoms in total. The monoisotopic (exact) mass is 324 g/mol. The van der Waals surface area contributed by atoms with Crippen molar-refractivity contribution in [1.82, 2.24) is 15.3 Å². The fourth-order valence-corrected chi connectivity index (χ4v) is 3.36. The van der Waals surface area contributed by atoms with Crippen molar-refractivity contribution in [2.24, 2.45) is 0 Å². The Labute approximate surface area is 118 Å². The number of hydrogen-bond donors (Lipinski definition) is 2. The highest BCUT2D eigenvalue weighted by Crippen LogP contribution is 2.29. The van der Waals surface area contributed by atoms with E-state index in [9.17, 15) is 0 Å². The molecular formula is C12H13BrN4S. The van der Waals surface area contributed by atoms with Crippen molar-refractivity contribution in [2.45, 2.75) is 12.5 Å². The van der Waals surface area contributed by atoms with Gasteiger partial charge in [-0.1, -0.05) is 0 Å². The lowest BCUT2D eigenvalue weighted by Gasteiger charge is -2.10. The van der Waals surface area contributed by atoms with Gasteiger partial charge in [0.15, 0.2) is 0 Å². The van der Waals surface area contributed by atoms with Crippen LogP contribution in [0.4, 0.5) is 5.95 Å². The standard InChI is InChI=1S/C12H13BrN4S/c13-9-3-11(18-7-9)8-4-15-12(16-5-8)17-10-1-2-14-6-10/h3-5,7,10,14H,1-2,6H2,(H,15,16,17). The van der Waals surface area contributed by atoms with Crippen molar-refractivity contribution in [3.63, 3.8) is 0 Å². The second-order valence-corrected chi connectivity index (χ2v) is 6.09. The normalized spacial score (nSPS) is 19.1. The number of nitrogens with zero attached hydrogens (tertiary/aromatic N) is 2. The van der Waals surface area contributed by atoms with Gasteiger partial charge in [0, 0.05) is 45.3 Å². The Morgan fingerprint density at radius 3 is 2.83 bits per heavy atom. The zero-order valence-corrected chi connectivity index (χ0v) is 12.1. The molecule has 2 N–H and O–H groups in total. The molecule has 0 amide bonds. The second-order valence-electron chi connectivity index (χ2n) is 4.26. The van der Waals surface area contributed by atoms with Crippen LogP contribution in [0.3, 0.4) is 0 Å². The molecule has 0 bridgehead atoms. The quantitative estimate of drug-likeness (QED) is 0.911. The summed E-state index contributed by atoms with van der Waals surface area (Å²) < 4.78 is 1.10. The largest absolute Gasteiger partial charge is 0.350 e. The van der Waals surface area contributed by atoms with Gasteiger partial charge in [0.1, 0.15) is 0 Å². The number of hydrogen-bond acceptors (Lipinski definition) is 5. The van der Waals surface area contributed by atoms with E-state index >= 15 is 0 Å². The first kappa shape index (κ1) is 12.1. The van der Waals surface area contributed by atoms with Gasteiger partial charge in [-0.05, 0) is 35.0 Å². The van der Waals surface area contributed by atoms with Gasteiger partial charge in [0.25, 0.3) is 0 Å². The molecule has 0 aliphatic carbocycles. The maximum atomic E-state index is 4.37. The lowest BCUT2D eigenvalue weighted by Crippen LogP contribution is -2.23. The summed E-state index contributed by atoms with van der Waals surface area (Å²) in [6.45, 7) is 2.06. The second kappa shape index (κ2) is 5.34. The van der Waals surface area contributed by atoms with E-state index in [1.165, 1.54) is 4.88 Å². The first-order valence-corrected chi connectivity index (χ1v) is 7.52. The minimum absolute atomic E-state index is 0.451. The van der Waals surface area contributed by atoms with Crippen LogP contribution in [0.15, 0.2) is 28.3 Å². The van der Waals surface area contributed by atoms with Crippen LogP contribution in [0.2, 0.25) is 0 Å². The summed E-state index contributed by atoms with van der Waals surface area (Å²) in [6, 6.07) is 2.53. The molecule has 2 aromatic rings. The third kappa shape index (κ3) is 2.71. The number of thiophene rings is 1. The molecule has 2 aromatic heterocycles. The molecule has 0 saturated carbocycles. The van der Waals surface area contributed by atoms with Crippen molar-refractivity contribution in [3.8, 4) is 10.4 Å². The van der Waals surface area contributed by atoms with E-state index in [-0.39, 0.29) is 0 Å². The average Bonchev–Trinajstić information content (AvgIpc) is 3.02. The fourth-order valence-electron chi connectivity index (χ4n) is 1.95. The molecular weight excluding hydrogens is 312 g/mol. The van der Waals surface area contributed by atoms with Gasteiger partial charge in [0.2, 0.25) is 5.95 Å². The maximum absolute atomic E-state index is 4.37. The average molecular weight is 325 g/mol. The van der Waals surface area contributed by atoms with Gasteiger partial charge in [-0.2, -0.15) is 0 Å². The van der Waals surface area contributed by atoms with Crippen molar-refractivity contribution in [3.05, 3.63) is 28.3 Å². The summed E-state index contributed by atoms with van der Waals surface area (Å²) in [7, 11) is 0. The van der Waals surface area contributed by atoms with Crippen LogP contribution < -0.4 is 10.6 Å². The highest BCUT2D eigenvalue weighted by Gasteiger charge is 2.14. The Balaban J connectivity index is 1.72. The number of halogens is 1. The molecule has 1 fully saturated rings. The van der Waals surface area contributed by atoms with Gasteiger partial charge in [0.05, 0.1) is 0 Å². The van der Waals surface area contributed by atoms with Crippen LogP contribution in [-0.2, 0) is 0 Å². The zero-order chi connectivity index (χ0) is 12.4. The molecule has 1 unspecified atom stereocenters. The Hall–Kier alpha value is -0.980. The summed E-state index contributed by atoms with van der Waals surface area (Å²) in [5.41, 5.74) is 1.06. The summed E-state index contributed by atoms with van der Waals surface area (Å²) >= 11 is 5.14. The van der Waals surface area contributed by atoms with Gasteiger partial charge in [-0.15, -0.1) is 11.3 Å². The van der Waals surface area contributed by atoms with Gasteiger partial charge >= 0.3 is 0 Å². The maximum Gasteiger partial charge on any atom is 0.222 e. The number of nitrogens with one attached hydrogen (secondary N) is 2. The summed E-state index contributed by atoms with van der Waals surface area (Å²) in [5, 5.41) is 8.71. The minimum atomic E-state index is 0.451. The van der Waals surface area contributed by atoms with E-state index < -0.39 is 0 Å². The van der Waals surface area contributed by atoms with Crippen molar-refractivity contribution in [2.75, 3.05) is 18.4 Å². The van der Waals surface area contributed by atoms with E-state index in [1.807, 2.05) is 12.4 Å². The van der Waals surface area contributed by atoms with Crippen LogP contribution in [-0.4, -0.2) is 29.1 Å². The van der Waals surface area contributed by atoms with Crippen molar-refractivity contribution >= 4 is 33.2 Å². The molecule has 0 aromatic carbocycles. The van der Waals surface area contributed by atoms with Crippen LogP contribution in [0.1, 0.15) is 6.42 Å². The van der Waals surface area contributed by atoms with Crippen LogP contribution >= 0.6 is 27.3 Å². The van der Waals surface area contributed by atoms with Crippen LogP contribution in [0.25, 0.3) is 10.4 Å². The highest BCUT2D eigenvalue weighted by atomic mass is 79.9. The summed E-state index contributed by atoms with van der Waals surface area (Å²) in [5.74, 6) is 0.711. The molecule has 0 spiro atoms. The fraction of sp³-hybridized carbons (Fsp3) is 0.333. The van der Waals surface area contributed by atoms with Gasteiger partial charge in [-0.3, -0.25) is 0 Å². The Bertz CT molecular complexity index is 519. The lowest BCUT2D eigenvalue weighted by molar-refractivity contribution is 0.780. The number of anilines is 1. The molecule has 3 rings (SSSR count). The first-order chi connectivity index (χ1) is 8.81.